The van der Waals surface area contributed by atoms with E-state index in [0.717, 1.165) is 0 Å². The van der Waals surface area contributed by atoms with Crippen LogP contribution in [0.5, 0.6) is 0 Å². The Morgan fingerprint density at radius 3 is 2.75 bits per heavy atom. The number of halogens is 3. The first-order valence-corrected chi connectivity index (χ1v) is 4.45. The minimum absolute atomic E-state index is 0.0837. The molecule has 0 aromatic carbocycles. The molecule has 2 N–H and O–H groups in total. The molecule has 0 bridgehead atoms. The lowest BCUT2D eigenvalue weighted by molar-refractivity contribution is -0.139. The largest absolute Gasteiger partial charge is 0.435 e. The number of fused-ring (bicyclic) bond motifs is 3. The number of H-pyrrole nitrogens is 2. The Balaban J connectivity index is 2.53. The van der Waals surface area contributed by atoms with Crippen molar-refractivity contribution in [1.82, 2.24) is 19.9 Å². The summed E-state index contributed by atoms with van der Waals surface area (Å²) in [7, 11) is 0. The zero-order valence-electron chi connectivity index (χ0n) is 7.76. The van der Waals surface area contributed by atoms with Crippen LogP contribution in [0.15, 0.2) is 18.6 Å². The lowest BCUT2D eigenvalue weighted by Gasteiger charge is -2.06. The SMILES string of the molecule is FC(F)(F)c1nc2[nH]ccc2c2nc[nH]c12. The molecule has 0 aliphatic rings. The van der Waals surface area contributed by atoms with Gasteiger partial charge in [-0.2, -0.15) is 13.2 Å². The predicted molar refractivity (Wildman–Crippen MR) is 50.7 cm³/mol. The first kappa shape index (κ1) is 9.20. The third-order valence-electron chi connectivity index (χ3n) is 2.35. The predicted octanol–water partition coefficient (Wildman–Crippen LogP) is 2.46. The van der Waals surface area contributed by atoms with Crippen LogP contribution < -0.4 is 0 Å². The summed E-state index contributed by atoms with van der Waals surface area (Å²) in [5.41, 5.74) is -0.569. The van der Waals surface area contributed by atoms with Crippen LogP contribution in [0.2, 0.25) is 0 Å². The smallest absolute Gasteiger partial charge is 0.346 e. The highest BCUT2D eigenvalue weighted by atomic mass is 19.4. The number of hydrogen-bond acceptors (Lipinski definition) is 2. The van der Waals surface area contributed by atoms with Gasteiger partial charge in [0.2, 0.25) is 0 Å². The van der Waals surface area contributed by atoms with Gasteiger partial charge in [-0.05, 0) is 6.07 Å². The third kappa shape index (κ3) is 1.11. The van der Waals surface area contributed by atoms with Gasteiger partial charge in [0.25, 0.3) is 0 Å². The average molecular weight is 226 g/mol. The summed E-state index contributed by atoms with van der Waals surface area (Å²) >= 11 is 0. The van der Waals surface area contributed by atoms with Crippen molar-refractivity contribution in [3.8, 4) is 0 Å². The molecule has 0 aliphatic heterocycles. The monoisotopic (exact) mass is 226 g/mol. The van der Waals surface area contributed by atoms with E-state index in [2.05, 4.69) is 19.9 Å². The summed E-state index contributed by atoms with van der Waals surface area (Å²) in [5, 5.41) is 0.573. The fraction of sp³-hybridized carbons (Fsp3) is 0.111. The second kappa shape index (κ2) is 2.75. The van der Waals surface area contributed by atoms with Crippen LogP contribution in [0.3, 0.4) is 0 Å². The van der Waals surface area contributed by atoms with Crippen molar-refractivity contribution in [3.05, 3.63) is 24.3 Å². The molecule has 0 aliphatic carbocycles. The highest BCUT2D eigenvalue weighted by Crippen LogP contribution is 2.34. The van der Waals surface area contributed by atoms with E-state index in [1.165, 1.54) is 12.5 Å². The Morgan fingerprint density at radius 1 is 1.19 bits per heavy atom. The molecule has 0 amide bonds. The maximum Gasteiger partial charge on any atom is 0.435 e. The van der Waals surface area contributed by atoms with Gasteiger partial charge >= 0.3 is 6.18 Å². The van der Waals surface area contributed by atoms with Gasteiger partial charge in [0, 0.05) is 11.6 Å². The second-order valence-electron chi connectivity index (χ2n) is 3.32. The van der Waals surface area contributed by atoms with Crippen LogP contribution in [0.25, 0.3) is 22.1 Å². The second-order valence-corrected chi connectivity index (χ2v) is 3.32. The van der Waals surface area contributed by atoms with Gasteiger partial charge in [-0.25, -0.2) is 9.97 Å². The maximum atomic E-state index is 12.7. The summed E-state index contributed by atoms with van der Waals surface area (Å²) in [6, 6.07) is 1.64. The molecule has 16 heavy (non-hydrogen) atoms. The quantitative estimate of drug-likeness (QED) is 0.618. The number of rotatable bonds is 0. The van der Waals surface area contributed by atoms with Crippen LogP contribution in [0.1, 0.15) is 5.69 Å². The molecule has 3 aromatic rings. The van der Waals surface area contributed by atoms with Gasteiger partial charge in [0.05, 0.1) is 11.8 Å². The maximum absolute atomic E-state index is 12.7. The molecule has 0 saturated carbocycles. The topological polar surface area (TPSA) is 57.4 Å². The molecule has 0 radical (unpaired) electrons. The van der Waals surface area contributed by atoms with Crippen molar-refractivity contribution < 1.29 is 13.2 Å². The highest BCUT2D eigenvalue weighted by Gasteiger charge is 2.36. The normalized spacial score (nSPS) is 12.7. The molecule has 7 heteroatoms. The van der Waals surface area contributed by atoms with Gasteiger partial charge < -0.3 is 9.97 Å². The molecule has 82 valence electrons. The molecular formula is C9H5F3N4. The van der Waals surface area contributed by atoms with Crippen molar-refractivity contribution in [3.63, 3.8) is 0 Å². The number of hydrogen-bond donors (Lipinski definition) is 2. The van der Waals surface area contributed by atoms with Crippen molar-refractivity contribution in [1.29, 1.82) is 0 Å². The zero-order chi connectivity index (χ0) is 11.3. The Labute approximate surface area is 86.5 Å². The fourth-order valence-corrected chi connectivity index (χ4v) is 1.70. The summed E-state index contributed by atoms with van der Waals surface area (Å²) < 4.78 is 38.1. The Bertz CT molecular complexity index is 664. The van der Waals surface area contributed by atoms with Gasteiger partial charge in [-0.15, -0.1) is 0 Å². The molecule has 3 heterocycles. The molecule has 3 aromatic heterocycles. The number of nitrogens with zero attached hydrogens (tertiary/aromatic N) is 2. The van der Waals surface area contributed by atoms with E-state index in [4.69, 9.17) is 0 Å². The fourth-order valence-electron chi connectivity index (χ4n) is 1.70. The van der Waals surface area contributed by atoms with E-state index >= 15 is 0 Å². The van der Waals surface area contributed by atoms with Crippen molar-refractivity contribution in [2.45, 2.75) is 6.18 Å². The van der Waals surface area contributed by atoms with Crippen LogP contribution in [0.4, 0.5) is 13.2 Å². The minimum Gasteiger partial charge on any atom is -0.346 e. The van der Waals surface area contributed by atoms with E-state index in [1.807, 2.05) is 0 Å². The molecule has 0 unspecified atom stereocenters. The number of nitrogens with one attached hydrogen (secondary N) is 2. The number of pyridine rings is 1. The van der Waals surface area contributed by atoms with E-state index in [-0.39, 0.29) is 16.7 Å². The van der Waals surface area contributed by atoms with Crippen LogP contribution >= 0.6 is 0 Å². The van der Waals surface area contributed by atoms with E-state index in [0.29, 0.717) is 5.39 Å². The van der Waals surface area contributed by atoms with E-state index < -0.39 is 11.9 Å². The van der Waals surface area contributed by atoms with Gasteiger partial charge in [-0.1, -0.05) is 0 Å². The van der Waals surface area contributed by atoms with Crippen molar-refractivity contribution in [2.75, 3.05) is 0 Å². The molecule has 0 spiro atoms. The number of aromatic nitrogens is 4. The molecule has 0 fully saturated rings. The van der Waals surface area contributed by atoms with Crippen LogP contribution in [0, 0.1) is 0 Å². The number of imidazole rings is 1. The number of aromatic amines is 2. The van der Waals surface area contributed by atoms with Crippen LogP contribution in [-0.2, 0) is 6.18 Å². The highest BCUT2D eigenvalue weighted by molar-refractivity contribution is 6.01. The van der Waals surface area contributed by atoms with E-state index in [9.17, 15) is 13.2 Å². The Kier molecular flexibility index (Phi) is 1.58. The Hall–Kier alpha value is -2.05. The van der Waals surface area contributed by atoms with Crippen LogP contribution in [-0.4, -0.2) is 19.9 Å². The first-order valence-electron chi connectivity index (χ1n) is 4.45. The summed E-state index contributed by atoms with van der Waals surface area (Å²) in [6.45, 7) is 0. The molecule has 4 nitrogen and oxygen atoms in total. The van der Waals surface area contributed by atoms with E-state index in [1.54, 1.807) is 6.07 Å². The van der Waals surface area contributed by atoms with Crippen molar-refractivity contribution >= 4 is 22.1 Å². The number of alkyl halides is 3. The lowest BCUT2D eigenvalue weighted by Crippen LogP contribution is -2.09. The Morgan fingerprint density at radius 2 is 2.00 bits per heavy atom. The summed E-state index contributed by atoms with van der Waals surface area (Å²) in [4.78, 5) is 12.6. The molecular weight excluding hydrogens is 221 g/mol. The summed E-state index contributed by atoms with van der Waals surface area (Å²) in [5.74, 6) is 0. The van der Waals surface area contributed by atoms with Crippen molar-refractivity contribution in [2.24, 2.45) is 0 Å². The molecule has 0 saturated heterocycles. The first-order chi connectivity index (χ1) is 7.57. The minimum atomic E-state index is -4.50. The molecule has 3 rings (SSSR count). The average Bonchev–Trinajstić information content (AvgIpc) is 2.82. The lowest BCUT2D eigenvalue weighted by atomic mass is 10.2. The standard InChI is InChI=1S/C9H5F3N4/c10-9(11,12)7-6-5(14-3-15-6)4-1-2-13-8(4)16-7/h1-3H,(H,13,16)(H,14,15). The van der Waals surface area contributed by atoms with Gasteiger partial charge in [0.15, 0.2) is 5.69 Å². The van der Waals surface area contributed by atoms with Gasteiger partial charge in [0.1, 0.15) is 11.2 Å². The zero-order valence-corrected chi connectivity index (χ0v) is 7.76. The van der Waals surface area contributed by atoms with Gasteiger partial charge in [-0.3, -0.25) is 0 Å². The summed E-state index contributed by atoms with van der Waals surface area (Å²) in [6.07, 6.45) is -1.73. The third-order valence-corrected chi connectivity index (χ3v) is 2.35. The molecule has 0 atom stereocenters.